The molecule has 5 N–H and O–H groups in total. The fraction of sp³-hybridized carbons (Fsp3) is 0.667. The first-order valence-corrected chi connectivity index (χ1v) is 19.4. The van der Waals surface area contributed by atoms with Gasteiger partial charge in [0.2, 0.25) is 18.6 Å². The van der Waals surface area contributed by atoms with Crippen LogP contribution in [0.2, 0.25) is 0 Å². The Morgan fingerprint density at radius 2 is 1.24 bits per heavy atom. The van der Waals surface area contributed by atoms with E-state index in [0.29, 0.717) is 22.0 Å². The van der Waals surface area contributed by atoms with Crippen molar-refractivity contribution in [2.24, 2.45) is 0 Å². The van der Waals surface area contributed by atoms with E-state index in [0.717, 1.165) is 25.2 Å². The first kappa shape index (κ1) is 49.4. The van der Waals surface area contributed by atoms with Crippen LogP contribution in [0.15, 0.2) is 30.9 Å². The molecule has 332 valence electrons. The molecule has 2 aromatic rings. The molecule has 2 aliphatic heterocycles. The minimum absolute atomic E-state index is 0.0193. The van der Waals surface area contributed by atoms with Gasteiger partial charge in [-0.2, -0.15) is 27.5 Å². The molecule has 20 nitrogen and oxygen atoms in total. The Hall–Kier alpha value is -3.95. The summed E-state index contributed by atoms with van der Waals surface area (Å²) < 4.78 is 88.9. The number of unbranched alkanes of at least 4 members (excludes halogenated alkanes) is 2. The quantitative estimate of drug-likeness (QED) is 0.0804. The van der Waals surface area contributed by atoms with E-state index < -0.39 is 97.3 Å². The van der Waals surface area contributed by atoms with Crippen molar-refractivity contribution in [2.45, 2.75) is 115 Å². The molecule has 2 saturated heterocycles. The maximum Gasteiger partial charge on any atom is 0.509 e. The topological polar surface area (TPSA) is 261 Å². The minimum Gasteiger partial charge on any atom is -0.449 e. The van der Waals surface area contributed by atoms with Crippen LogP contribution < -0.4 is 22.0 Å². The van der Waals surface area contributed by atoms with Gasteiger partial charge in [0, 0.05) is 12.4 Å². The van der Waals surface area contributed by atoms with Crippen LogP contribution in [0, 0.1) is 0 Å². The third kappa shape index (κ3) is 12.8. The van der Waals surface area contributed by atoms with Gasteiger partial charge in [-0.25, -0.2) is 24.0 Å². The lowest BCUT2D eigenvalue weighted by Crippen LogP contribution is -2.45. The van der Waals surface area contributed by atoms with Crippen molar-refractivity contribution in [3.05, 3.63) is 42.3 Å². The number of alkyl halides is 4. The number of nitrogens with zero attached hydrogens (tertiary/aromatic N) is 4. The summed E-state index contributed by atoms with van der Waals surface area (Å²) in [5.41, 5.74) is -3.35. The molecule has 0 saturated carbocycles. The summed E-state index contributed by atoms with van der Waals surface area (Å²) >= 11 is 6.07. The van der Waals surface area contributed by atoms with Gasteiger partial charge in [-0.15, -0.1) is 0 Å². The highest BCUT2D eigenvalue weighted by atomic mass is 79.9. The predicted molar refractivity (Wildman–Crippen MR) is 201 cm³/mol. The highest BCUT2D eigenvalue weighted by molar-refractivity contribution is 9.11. The molecular weight excluding hydrogens is 940 g/mol. The lowest BCUT2D eigenvalue weighted by atomic mass is 10.1. The van der Waals surface area contributed by atoms with E-state index in [1.807, 2.05) is 13.8 Å². The summed E-state index contributed by atoms with van der Waals surface area (Å²) in [4.78, 5) is 66.9. The number of carbonyl (C=O) groups excluding carboxylic acids is 3. The standard InChI is InChI=1S/C19H26BrF2N3O8.C14H18BrF2N3O6/c1-5-6-7-30-16(28)24-13-10(20)8-25(15(27)23-13)14-19(21,22)12(11(9-26)31-14)32-17(29)33-18(2,3)4;1-2-3-4-25-13(24)19-10-7(15)5-20(12(23)18-10)11-14(16,17)9(22)8(6-21)26-11/h8,11-12,14,26H,5-7,9H2,1-4H3,(H,23,24,27,28);5,8-9,11,21-22H,2-4,6H2,1H3,(H,18,19,23,24)/t11-,12?,14-;8-,9?,11-/m11/s1. The van der Waals surface area contributed by atoms with Gasteiger partial charge in [0.15, 0.2) is 17.7 Å². The van der Waals surface area contributed by atoms with Crippen LogP contribution in [-0.2, 0) is 28.4 Å². The molecule has 59 heavy (non-hydrogen) atoms. The van der Waals surface area contributed by atoms with Crippen LogP contribution in [-0.4, -0.2) is 121 Å². The molecule has 2 amide bonds. The molecule has 2 fully saturated rings. The Kier molecular flexibility index (Phi) is 17.6. The highest BCUT2D eigenvalue weighted by Crippen LogP contribution is 2.45. The maximum atomic E-state index is 15.1. The Labute approximate surface area is 349 Å². The van der Waals surface area contributed by atoms with Gasteiger partial charge in [0.05, 0.1) is 35.4 Å². The molecule has 26 heteroatoms. The second-order valence-electron chi connectivity index (χ2n) is 13.7. The summed E-state index contributed by atoms with van der Waals surface area (Å²) in [5, 5.41) is 32.5. The lowest BCUT2D eigenvalue weighted by Gasteiger charge is -2.26. The smallest absolute Gasteiger partial charge is 0.449 e. The second kappa shape index (κ2) is 21.0. The highest BCUT2D eigenvalue weighted by Gasteiger charge is 2.63. The van der Waals surface area contributed by atoms with E-state index in [2.05, 4.69) is 52.5 Å². The Morgan fingerprint density at radius 3 is 1.63 bits per heavy atom. The van der Waals surface area contributed by atoms with Gasteiger partial charge in [0.25, 0.3) is 0 Å². The molecule has 2 aromatic heterocycles. The van der Waals surface area contributed by atoms with Gasteiger partial charge < -0.3 is 43.7 Å². The summed E-state index contributed by atoms with van der Waals surface area (Å²) in [7, 11) is 0. The number of hydrogen-bond donors (Lipinski definition) is 5. The summed E-state index contributed by atoms with van der Waals surface area (Å²) in [6.45, 7) is 6.93. The molecule has 0 spiro atoms. The molecule has 4 heterocycles. The first-order chi connectivity index (χ1) is 27.5. The van der Waals surface area contributed by atoms with Gasteiger partial charge >= 0.3 is 41.6 Å². The third-order valence-corrected chi connectivity index (χ3v) is 9.08. The molecule has 2 aliphatic rings. The molecule has 2 unspecified atom stereocenters. The van der Waals surface area contributed by atoms with E-state index in [1.54, 1.807) is 0 Å². The number of aliphatic hydroxyl groups is 3. The monoisotopic (exact) mass is 982 g/mol. The van der Waals surface area contributed by atoms with Crippen molar-refractivity contribution in [1.82, 2.24) is 19.1 Å². The first-order valence-electron chi connectivity index (χ1n) is 17.8. The van der Waals surface area contributed by atoms with Crippen LogP contribution in [0.5, 0.6) is 0 Å². The molecule has 0 aliphatic carbocycles. The molecule has 0 bridgehead atoms. The second-order valence-corrected chi connectivity index (χ2v) is 15.4. The van der Waals surface area contributed by atoms with E-state index in [9.17, 15) is 43.0 Å². The number of anilines is 2. The van der Waals surface area contributed by atoms with Crippen molar-refractivity contribution in [3.8, 4) is 0 Å². The molecule has 6 atom stereocenters. The molecule has 0 radical (unpaired) electrons. The molecule has 4 rings (SSSR count). The minimum atomic E-state index is -3.94. The van der Waals surface area contributed by atoms with Gasteiger partial charge in [-0.1, -0.05) is 26.7 Å². The number of halogens is 6. The molecular formula is C33H44Br2F4N6O14. The number of amides is 2. The van der Waals surface area contributed by atoms with Crippen molar-refractivity contribution in [3.63, 3.8) is 0 Å². The van der Waals surface area contributed by atoms with E-state index in [-0.39, 0.29) is 33.8 Å². The number of rotatable bonds is 13. The summed E-state index contributed by atoms with van der Waals surface area (Å²) in [5.74, 6) is -8.23. The zero-order valence-electron chi connectivity index (χ0n) is 32.2. The average molecular weight is 985 g/mol. The average Bonchev–Trinajstić information content (AvgIpc) is 3.52. The number of aromatic nitrogens is 4. The lowest BCUT2D eigenvalue weighted by molar-refractivity contribution is -0.149. The van der Waals surface area contributed by atoms with Crippen molar-refractivity contribution in [2.75, 3.05) is 37.1 Å². The number of carbonyl (C=O) groups is 3. The summed E-state index contributed by atoms with van der Waals surface area (Å²) in [6, 6.07) is 0. The van der Waals surface area contributed by atoms with Crippen LogP contribution >= 0.6 is 31.9 Å². The normalized spacial score (nSPS) is 23.1. The zero-order chi connectivity index (χ0) is 44.5. The van der Waals surface area contributed by atoms with Crippen LogP contribution in [0.3, 0.4) is 0 Å². The van der Waals surface area contributed by atoms with Crippen LogP contribution in [0.4, 0.5) is 43.6 Å². The van der Waals surface area contributed by atoms with Crippen LogP contribution in [0.25, 0.3) is 0 Å². The van der Waals surface area contributed by atoms with Crippen molar-refractivity contribution in [1.29, 1.82) is 0 Å². The SMILES string of the molecule is CCCCOC(=O)Nc1nc(=O)n([C@@H]2O[C@H](CO)C(O)C2(F)F)cc1Br.CCCCOC(=O)Nc1nc(=O)n([C@@H]2O[C@H](CO)C(OC(=O)OC(C)(C)C)C2(F)F)cc1Br. The zero-order valence-corrected chi connectivity index (χ0v) is 35.3. The number of hydrogen-bond acceptors (Lipinski definition) is 16. The van der Waals surface area contributed by atoms with Crippen molar-refractivity contribution >= 4 is 61.8 Å². The summed E-state index contributed by atoms with van der Waals surface area (Å²) in [6.07, 6.45) is -10.4. The Bertz CT molecular complexity index is 1900. The Balaban J connectivity index is 0.000000324. The fourth-order valence-electron chi connectivity index (χ4n) is 5.04. The van der Waals surface area contributed by atoms with Gasteiger partial charge in [-0.05, 0) is 65.5 Å². The van der Waals surface area contributed by atoms with Gasteiger partial charge in [-0.3, -0.25) is 19.8 Å². The third-order valence-electron chi connectivity index (χ3n) is 7.92. The van der Waals surface area contributed by atoms with E-state index >= 15 is 8.78 Å². The number of ether oxygens (including phenoxy) is 6. The molecule has 0 aromatic carbocycles. The van der Waals surface area contributed by atoms with E-state index in [1.165, 1.54) is 20.8 Å². The maximum absolute atomic E-state index is 15.1. The predicted octanol–water partition coefficient (Wildman–Crippen LogP) is 4.44. The fourth-order valence-corrected chi connectivity index (χ4v) is 5.86. The number of nitrogens with one attached hydrogen (secondary N) is 2. The van der Waals surface area contributed by atoms with E-state index in [4.69, 9.17) is 33.5 Å². The Morgan fingerprint density at radius 1 is 0.814 bits per heavy atom. The van der Waals surface area contributed by atoms with Crippen molar-refractivity contribution < 1.29 is 75.7 Å². The van der Waals surface area contributed by atoms with Gasteiger partial charge in [0.1, 0.15) is 17.8 Å². The largest absolute Gasteiger partial charge is 0.509 e. The van der Waals surface area contributed by atoms with Crippen LogP contribution in [0.1, 0.15) is 72.8 Å². The number of aliphatic hydroxyl groups excluding tert-OH is 3.